The van der Waals surface area contributed by atoms with Crippen molar-refractivity contribution < 1.29 is 73.2 Å². The number of carboxylic acid groups (broad SMARTS) is 2. The topological polar surface area (TPSA) is 449 Å². The lowest BCUT2D eigenvalue weighted by Gasteiger charge is -2.28. The average Bonchev–Trinajstić information content (AvgIpc) is 3.96. The van der Waals surface area contributed by atoms with E-state index in [2.05, 4.69) is 52.5 Å². The van der Waals surface area contributed by atoms with Gasteiger partial charge in [0.2, 0.25) is 53.2 Å². The molecule has 0 unspecified atom stereocenters. The number of benzene rings is 3. The van der Waals surface area contributed by atoms with E-state index in [1.54, 1.807) is 88.6 Å². The summed E-state index contributed by atoms with van der Waals surface area (Å²) in [7, 11) is 0. The fraction of sp³-hybridized carbons (Fsp3) is 0.421. The molecule has 0 aliphatic rings. The summed E-state index contributed by atoms with van der Waals surface area (Å²) in [5.74, 6) is -12.8. The van der Waals surface area contributed by atoms with Crippen molar-refractivity contribution in [1.29, 1.82) is 0 Å². The molecule has 3 aromatic carbocycles. The number of phenolic OH excluding ortho intramolecular Hbond substituents is 1. The predicted octanol–water partition coefficient (Wildman–Crippen LogP) is -0.873. The quantitative estimate of drug-likeness (QED) is 0.0249. The third kappa shape index (κ3) is 19.1. The Kier molecular flexibility index (Phi) is 23.9. The third-order valence-corrected chi connectivity index (χ3v) is 13.6. The van der Waals surface area contributed by atoms with E-state index in [-0.39, 0.29) is 30.9 Å². The molecule has 452 valence electrons. The van der Waals surface area contributed by atoms with Gasteiger partial charge in [-0.15, -0.1) is 0 Å². The Balaban J connectivity index is 1.44. The van der Waals surface area contributed by atoms with Crippen LogP contribution < -0.4 is 54.0 Å². The molecule has 0 fully saturated rings. The Bertz CT molecular complexity index is 3180. The number of carbonyl (C=O) groups is 11. The van der Waals surface area contributed by atoms with Crippen molar-refractivity contribution >= 4 is 86.9 Å². The second-order valence-electron chi connectivity index (χ2n) is 21.2. The molecule has 5 aromatic rings. The molecule has 9 atom stereocenters. The van der Waals surface area contributed by atoms with Gasteiger partial charge in [0.15, 0.2) is 0 Å². The minimum atomic E-state index is -1.90. The lowest BCUT2D eigenvalue weighted by atomic mass is 10.00. The number of para-hydroxylation sites is 2. The molecule has 2 aromatic heterocycles. The summed E-state index contributed by atoms with van der Waals surface area (Å²) in [6.45, 7) is 6.96. The summed E-state index contributed by atoms with van der Waals surface area (Å²) in [6, 6.07) is 5.73. The molecule has 84 heavy (non-hydrogen) atoms. The zero-order valence-electron chi connectivity index (χ0n) is 47.0. The second-order valence-corrected chi connectivity index (χ2v) is 21.2. The molecule has 5 rings (SSSR count). The van der Waals surface area contributed by atoms with Gasteiger partial charge in [0.1, 0.15) is 54.1 Å². The van der Waals surface area contributed by atoms with Gasteiger partial charge in [-0.25, -0.2) is 4.79 Å². The standard InChI is InChI=1S/C57H74N12O15/c1-28(2)20-40(63-49(75)30(5)58)51(77)62-39(18-19-47(73)74)50(76)67-44(24-46(59)72)54(80)64-41(21-31-14-16-34(71)17-15-31)52(78)68-45(27-70)56(82)66-42(22-32-25-60-37-12-8-6-10-35(32)37)53(79)65-43(55(81)69-48(29(3)4)57(83)84)23-33-26-61-38-13-9-7-11-36(33)38/h6-17,25-26,28-30,39-45,48,60-61,70-71H,18-24,27,58H2,1-5H3,(H2,59,72)(H,62,77)(H,63,75)(H,64,80)(H,65,79)(H,66,82)(H,67,76)(H,68,78)(H,69,81)(H,73,74)(H,83,84)/t30-,39-,40-,41-,42-,43-,44-,45-,48-/m0/s1. The van der Waals surface area contributed by atoms with E-state index in [9.17, 15) is 73.2 Å². The van der Waals surface area contributed by atoms with Crippen LogP contribution in [0.5, 0.6) is 5.75 Å². The Morgan fingerprint density at radius 3 is 1.39 bits per heavy atom. The fourth-order valence-corrected chi connectivity index (χ4v) is 9.08. The van der Waals surface area contributed by atoms with Crippen LogP contribution in [0, 0.1) is 11.8 Å². The van der Waals surface area contributed by atoms with Crippen LogP contribution in [0.4, 0.5) is 0 Å². The number of phenols is 1. The van der Waals surface area contributed by atoms with Crippen LogP contribution in [-0.2, 0) is 72.0 Å². The first-order chi connectivity index (χ1) is 39.7. The number of carboxylic acids is 2. The molecule has 2 heterocycles. The number of aliphatic hydroxyl groups excluding tert-OH is 1. The summed E-state index contributed by atoms with van der Waals surface area (Å²) < 4.78 is 0. The van der Waals surface area contributed by atoms with E-state index in [0.29, 0.717) is 38.5 Å². The molecule has 0 aliphatic heterocycles. The monoisotopic (exact) mass is 1170 g/mol. The Labute approximate surface area is 482 Å². The highest BCUT2D eigenvalue weighted by molar-refractivity contribution is 6.00. The van der Waals surface area contributed by atoms with E-state index >= 15 is 0 Å². The van der Waals surface area contributed by atoms with E-state index in [1.165, 1.54) is 31.2 Å². The number of rotatable bonds is 32. The highest BCUT2D eigenvalue weighted by Gasteiger charge is 2.37. The lowest BCUT2D eigenvalue weighted by Crippen LogP contribution is -2.61. The van der Waals surface area contributed by atoms with Gasteiger partial charge in [0.25, 0.3) is 0 Å². The zero-order chi connectivity index (χ0) is 61.9. The largest absolute Gasteiger partial charge is 0.508 e. The SMILES string of the molecule is CC(C)C[C@H](NC(=O)[C@H](C)N)C(=O)N[C@@H](CCC(=O)O)C(=O)N[C@@H](CC(N)=O)C(=O)N[C@@H](Cc1ccc(O)cc1)C(=O)N[C@@H](CO)C(=O)N[C@@H](Cc1c[nH]c2ccccc12)C(=O)N[C@@H](Cc1c[nH]c2ccccc12)C(=O)N[C@H](C(=O)O)C(C)C. The van der Waals surface area contributed by atoms with Crippen molar-refractivity contribution in [2.45, 2.75) is 134 Å². The van der Waals surface area contributed by atoms with Crippen molar-refractivity contribution in [2.75, 3.05) is 6.61 Å². The van der Waals surface area contributed by atoms with Crippen molar-refractivity contribution in [2.24, 2.45) is 23.3 Å². The Hall–Kier alpha value is -9.37. The fourth-order valence-electron chi connectivity index (χ4n) is 9.08. The summed E-state index contributed by atoms with van der Waals surface area (Å²) in [5, 5.41) is 61.4. The number of aromatic nitrogens is 2. The predicted molar refractivity (Wildman–Crippen MR) is 305 cm³/mol. The maximum Gasteiger partial charge on any atom is 0.326 e. The number of H-pyrrole nitrogens is 2. The lowest BCUT2D eigenvalue weighted by molar-refractivity contribution is -0.143. The van der Waals surface area contributed by atoms with Crippen LogP contribution >= 0.6 is 0 Å². The van der Waals surface area contributed by atoms with E-state index in [4.69, 9.17) is 11.5 Å². The minimum absolute atomic E-state index is 0.0681. The van der Waals surface area contributed by atoms with Gasteiger partial charge in [-0.05, 0) is 72.6 Å². The molecule has 27 nitrogen and oxygen atoms in total. The van der Waals surface area contributed by atoms with E-state index in [0.717, 1.165) is 0 Å². The minimum Gasteiger partial charge on any atom is -0.508 e. The number of hydrogen-bond acceptors (Lipinski definition) is 14. The molecule has 0 aliphatic carbocycles. The maximum absolute atomic E-state index is 14.7. The zero-order valence-corrected chi connectivity index (χ0v) is 47.0. The van der Waals surface area contributed by atoms with Crippen molar-refractivity contribution in [3.8, 4) is 5.75 Å². The van der Waals surface area contributed by atoms with Crippen LogP contribution in [-0.4, -0.2) is 156 Å². The molecular weight excluding hydrogens is 1090 g/mol. The smallest absolute Gasteiger partial charge is 0.326 e. The van der Waals surface area contributed by atoms with Gasteiger partial charge in [0.05, 0.1) is 19.1 Å². The molecule has 0 bridgehead atoms. The number of primary amides is 1. The molecule has 9 amide bonds. The molecule has 27 heteroatoms. The molecule has 0 saturated carbocycles. The number of aromatic hydroxyl groups is 1. The van der Waals surface area contributed by atoms with Gasteiger partial charge in [0, 0.05) is 59.9 Å². The number of carbonyl (C=O) groups excluding carboxylic acids is 9. The van der Waals surface area contributed by atoms with E-state index in [1.807, 2.05) is 0 Å². The van der Waals surface area contributed by atoms with Crippen LogP contribution in [0.2, 0.25) is 0 Å². The summed E-state index contributed by atoms with van der Waals surface area (Å²) in [4.78, 5) is 155. The van der Waals surface area contributed by atoms with Gasteiger partial charge >= 0.3 is 11.9 Å². The maximum atomic E-state index is 14.7. The molecule has 0 saturated heterocycles. The van der Waals surface area contributed by atoms with Gasteiger partial charge in [-0.2, -0.15) is 0 Å². The van der Waals surface area contributed by atoms with Crippen molar-refractivity contribution in [3.63, 3.8) is 0 Å². The second kappa shape index (κ2) is 30.6. The number of nitrogens with two attached hydrogens (primary N) is 2. The highest BCUT2D eigenvalue weighted by Crippen LogP contribution is 2.22. The molecule has 0 spiro atoms. The number of hydrogen-bond donors (Lipinski definition) is 16. The molecular formula is C57H74N12O15. The van der Waals surface area contributed by atoms with Gasteiger partial charge in [-0.3, -0.25) is 47.9 Å². The van der Waals surface area contributed by atoms with Gasteiger partial charge < -0.3 is 84.4 Å². The van der Waals surface area contributed by atoms with Crippen LogP contribution in [0.15, 0.2) is 85.2 Å². The van der Waals surface area contributed by atoms with Crippen LogP contribution in [0.1, 0.15) is 77.0 Å². The first-order valence-electron chi connectivity index (χ1n) is 27.1. The normalized spacial score (nSPS) is 14.5. The van der Waals surface area contributed by atoms with Crippen LogP contribution in [0.25, 0.3) is 21.8 Å². The number of amides is 9. The average molecular weight is 1170 g/mol. The number of nitrogens with one attached hydrogen (secondary N) is 10. The van der Waals surface area contributed by atoms with E-state index < -0.39 is 158 Å². The number of fused-ring (bicyclic) bond motifs is 2. The number of aliphatic hydroxyl groups is 1. The van der Waals surface area contributed by atoms with Crippen molar-refractivity contribution in [1.82, 2.24) is 52.5 Å². The van der Waals surface area contributed by atoms with Gasteiger partial charge in [-0.1, -0.05) is 76.2 Å². The summed E-state index contributed by atoms with van der Waals surface area (Å²) >= 11 is 0. The van der Waals surface area contributed by atoms with Crippen molar-refractivity contribution in [3.05, 3.63) is 102 Å². The first kappa shape index (κ1) is 65.4. The molecule has 0 radical (unpaired) electrons. The Morgan fingerprint density at radius 1 is 0.512 bits per heavy atom. The number of aromatic amines is 2. The van der Waals surface area contributed by atoms with Crippen LogP contribution in [0.3, 0.4) is 0 Å². The Morgan fingerprint density at radius 2 is 0.929 bits per heavy atom. The summed E-state index contributed by atoms with van der Waals surface area (Å²) in [5.41, 5.74) is 14.0. The first-order valence-corrected chi connectivity index (χ1v) is 27.1. The number of aliphatic carboxylic acids is 2. The summed E-state index contributed by atoms with van der Waals surface area (Å²) in [6.07, 6.45) is 0.395. The molecule has 18 N–H and O–H groups in total. The highest BCUT2D eigenvalue weighted by atomic mass is 16.4. The third-order valence-electron chi connectivity index (χ3n) is 13.6.